The zero-order chi connectivity index (χ0) is 13.3. The van der Waals surface area contributed by atoms with E-state index >= 15 is 0 Å². The van der Waals surface area contributed by atoms with Crippen LogP contribution in [0.4, 0.5) is 11.6 Å². The molecule has 3 N–H and O–H groups in total. The lowest BCUT2D eigenvalue weighted by molar-refractivity contribution is 0.285. The quantitative estimate of drug-likeness (QED) is 0.863. The topological polar surface area (TPSA) is 63.8 Å². The number of nitrogens with zero attached hydrogens (tertiary/aromatic N) is 2. The van der Waals surface area contributed by atoms with Crippen molar-refractivity contribution >= 4 is 11.6 Å². The fourth-order valence-corrected chi connectivity index (χ4v) is 2.17. The summed E-state index contributed by atoms with van der Waals surface area (Å²) in [6.45, 7) is 8.52. The fourth-order valence-electron chi connectivity index (χ4n) is 2.17. The van der Waals surface area contributed by atoms with Crippen molar-refractivity contribution in [3.63, 3.8) is 0 Å². The highest BCUT2D eigenvalue weighted by molar-refractivity contribution is 5.46. The van der Waals surface area contributed by atoms with Gasteiger partial charge in [0.1, 0.15) is 17.5 Å². The Morgan fingerprint density at radius 3 is 2.50 bits per heavy atom. The normalized spacial score (nSPS) is 18.2. The maximum atomic E-state index is 5.86. The average molecular weight is 248 g/mol. The number of nitrogens with one attached hydrogen (secondary N) is 1. The monoisotopic (exact) mass is 248 g/mol. The van der Waals surface area contributed by atoms with Crippen molar-refractivity contribution in [3.8, 4) is 0 Å². The highest BCUT2D eigenvalue weighted by Crippen LogP contribution is 2.31. The highest BCUT2D eigenvalue weighted by Gasteiger charge is 2.25. The molecule has 1 aromatic rings. The van der Waals surface area contributed by atoms with Gasteiger partial charge in [-0.25, -0.2) is 9.97 Å². The van der Waals surface area contributed by atoms with Crippen LogP contribution in [0.1, 0.15) is 52.8 Å². The second-order valence-corrected chi connectivity index (χ2v) is 6.38. The van der Waals surface area contributed by atoms with Crippen LogP contribution in [0, 0.1) is 5.92 Å². The van der Waals surface area contributed by atoms with Gasteiger partial charge in [0.25, 0.3) is 0 Å². The molecular formula is C14H24N4. The zero-order valence-electron chi connectivity index (χ0n) is 11.8. The highest BCUT2D eigenvalue weighted by atomic mass is 15.1. The largest absolute Gasteiger partial charge is 0.384 e. The molecule has 0 aromatic carbocycles. The predicted octanol–water partition coefficient (Wildman–Crippen LogP) is 2.96. The molecule has 18 heavy (non-hydrogen) atoms. The molecule has 4 nitrogen and oxygen atoms in total. The van der Waals surface area contributed by atoms with Crippen LogP contribution in [0.5, 0.6) is 0 Å². The van der Waals surface area contributed by atoms with Gasteiger partial charge in [0.2, 0.25) is 0 Å². The minimum Gasteiger partial charge on any atom is -0.384 e. The van der Waals surface area contributed by atoms with Gasteiger partial charge >= 0.3 is 0 Å². The Bertz CT molecular complexity index is 418. The summed E-state index contributed by atoms with van der Waals surface area (Å²) in [6.07, 6.45) is 4.00. The lowest BCUT2D eigenvalue weighted by atomic mass is 9.80. The van der Waals surface area contributed by atoms with Crippen molar-refractivity contribution in [1.82, 2.24) is 9.97 Å². The van der Waals surface area contributed by atoms with Crippen molar-refractivity contribution in [1.29, 1.82) is 0 Å². The molecule has 0 aliphatic heterocycles. The molecule has 1 fully saturated rings. The van der Waals surface area contributed by atoms with E-state index in [1.165, 1.54) is 19.3 Å². The summed E-state index contributed by atoms with van der Waals surface area (Å²) >= 11 is 0. The molecule has 100 valence electrons. The zero-order valence-corrected chi connectivity index (χ0v) is 11.8. The first-order valence-corrected chi connectivity index (χ1v) is 6.78. The molecule has 4 heteroatoms. The number of hydrogen-bond acceptors (Lipinski definition) is 4. The number of anilines is 2. The number of nitrogens with two attached hydrogens (primary N) is 1. The summed E-state index contributed by atoms with van der Waals surface area (Å²) in [5.41, 5.74) is 5.79. The molecule has 0 spiro atoms. The molecule has 0 saturated heterocycles. The van der Waals surface area contributed by atoms with E-state index in [-0.39, 0.29) is 5.41 Å². The number of hydrogen-bond donors (Lipinski definition) is 2. The van der Waals surface area contributed by atoms with Crippen LogP contribution in [-0.2, 0) is 5.41 Å². The Morgan fingerprint density at radius 1 is 1.33 bits per heavy atom. The van der Waals surface area contributed by atoms with E-state index in [0.29, 0.717) is 11.9 Å². The number of rotatable bonds is 3. The number of nitrogen functional groups attached to an aromatic ring is 1. The van der Waals surface area contributed by atoms with Gasteiger partial charge in [0.15, 0.2) is 0 Å². The van der Waals surface area contributed by atoms with Crippen molar-refractivity contribution in [2.24, 2.45) is 5.92 Å². The van der Waals surface area contributed by atoms with Crippen LogP contribution in [0.2, 0.25) is 0 Å². The van der Waals surface area contributed by atoms with Crippen LogP contribution in [0.15, 0.2) is 6.07 Å². The summed E-state index contributed by atoms with van der Waals surface area (Å²) in [7, 11) is 0. The maximum Gasteiger partial charge on any atom is 0.138 e. The lowest BCUT2D eigenvalue weighted by Gasteiger charge is -2.32. The molecule has 1 aromatic heterocycles. The second kappa shape index (κ2) is 4.75. The van der Waals surface area contributed by atoms with Crippen LogP contribution in [0.3, 0.4) is 0 Å². The minimum atomic E-state index is -0.0779. The van der Waals surface area contributed by atoms with Gasteiger partial charge in [-0.05, 0) is 25.7 Å². The van der Waals surface area contributed by atoms with Gasteiger partial charge in [-0.3, -0.25) is 0 Å². The first-order chi connectivity index (χ1) is 8.36. The second-order valence-electron chi connectivity index (χ2n) is 6.38. The molecule has 1 aliphatic carbocycles. The number of aromatic nitrogens is 2. The molecular weight excluding hydrogens is 224 g/mol. The summed E-state index contributed by atoms with van der Waals surface area (Å²) in [4.78, 5) is 8.90. The molecule has 1 unspecified atom stereocenters. The first-order valence-electron chi connectivity index (χ1n) is 6.78. The Morgan fingerprint density at radius 2 is 2.00 bits per heavy atom. The standard InChI is InChI=1S/C14H24N4/c1-9(10-6-5-7-10)16-12-8-11(15)17-13(18-12)14(2,3)4/h8-10H,5-7H2,1-4H3,(H3,15,16,17,18). The van der Waals surface area contributed by atoms with Crippen LogP contribution < -0.4 is 11.1 Å². The molecule has 1 saturated carbocycles. The first kappa shape index (κ1) is 13.1. The smallest absolute Gasteiger partial charge is 0.138 e. The summed E-state index contributed by atoms with van der Waals surface area (Å²) in [6, 6.07) is 2.28. The van der Waals surface area contributed by atoms with E-state index in [0.717, 1.165) is 17.6 Å². The Balaban J connectivity index is 2.14. The van der Waals surface area contributed by atoms with Gasteiger partial charge in [-0.1, -0.05) is 27.2 Å². The molecule has 0 radical (unpaired) electrons. The molecule has 1 aliphatic rings. The summed E-state index contributed by atoms with van der Waals surface area (Å²) in [5, 5.41) is 3.47. The van der Waals surface area contributed by atoms with Gasteiger partial charge in [0.05, 0.1) is 0 Å². The van der Waals surface area contributed by atoms with Crippen LogP contribution >= 0.6 is 0 Å². The van der Waals surface area contributed by atoms with Gasteiger partial charge in [-0.2, -0.15) is 0 Å². The molecule has 1 heterocycles. The van der Waals surface area contributed by atoms with E-state index in [2.05, 4.69) is 43.0 Å². The van der Waals surface area contributed by atoms with Crippen LogP contribution in [0.25, 0.3) is 0 Å². The van der Waals surface area contributed by atoms with E-state index in [9.17, 15) is 0 Å². The fraction of sp³-hybridized carbons (Fsp3) is 0.714. The molecule has 0 bridgehead atoms. The van der Waals surface area contributed by atoms with Crippen molar-refractivity contribution < 1.29 is 0 Å². The van der Waals surface area contributed by atoms with Gasteiger partial charge < -0.3 is 11.1 Å². The summed E-state index contributed by atoms with van der Waals surface area (Å²) in [5.74, 6) is 2.97. The minimum absolute atomic E-state index is 0.0779. The Kier molecular flexibility index (Phi) is 3.46. The molecule has 0 amide bonds. The Hall–Kier alpha value is -1.32. The SMILES string of the molecule is CC(Nc1cc(N)nc(C(C)(C)C)n1)C1CCC1. The third-order valence-electron chi connectivity index (χ3n) is 3.65. The van der Waals surface area contributed by atoms with E-state index in [4.69, 9.17) is 5.73 Å². The van der Waals surface area contributed by atoms with Crippen LogP contribution in [-0.4, -0.2) is 16.0 Å². The lowest BCUT2D eigenvalue weighted by Crippen LogP contribution is -2.31. The van der Waals surface area contributed by atoms with E-state index in [1.54, 1.807) is 0 Å². The molecule has 1 atom stereocenters. The predicted molar refractivity (Wildman–Crippen MR) is 75.6 cm³/mol. The third kappa shape index (κ3) is 2.92. The molecule has 2 rings (SSSR count). The van der Waals surface area contributed by atoms with Crippen molar-refractivity contribution in [3.05, 3.63) is 11.9 Å². The van der Waals surface area contributed by atoms with E-state index < -0.39 is 0 Å². The van der Waals surface area contributed by atoms with Crippen molar-refractivity contribution in [2.45, 2.75) is 58.4 Å². The van der Waals surface area contributed by atoms with Crippen molar-refractivity contribution in [2.75, 3.05) is 11.1 Å². The van der Waals surface area contributed by atoms with E-state index in [1.807, 2.05) is 6.07 Å². The third-order valence-corrected chi connectivity index (χ3v) is 3.65. The van der Waals surface area contributed by atoms with Gasteiger partial charge in [-0.15, -0.1) is 0 Å². The Labute approximate surface area is 109 Å². The average Bonchev–Trinajstić information content (AvgIpc) is 2.11. The summed E-state index contributed by atoms with van der Waals surface area (Å²) < 4.78 is 0. The maximum absolute atomic E-state index is 5.86. The van der Waals surface area contributed by atoms with Gasteiger partial charge in [0, 0.05) is 17.5 Å².